The fourth-order valence-electron chi connectivity index (χ4n) is 6.50. The lowest BCUT2D eigenvalue weighted by molar-refractivity contribution is -0.0901. The van der Waals surface area contributed by atoms with Crippen LogP contribution in [0.3, 0.4) is 0 Å². The Bertz CT molecular complexity index is 559. The van der Waals surface area contributed by atoms with E-state index in [1.807, 2.05) is 6.07 Å². The quantitative estimate of drug-likeness (QED) is 0.835. The Labute approximate surface area is 137 Å². The fraction of sp³-hybridized carbons (Fsp3) is 0.737. The minimum Gasteiger partial charge on any atom is -0.367 e. The summed E-state index contributed by atoms with van der Waals surface area (Å²) >= 11 is 0. The summed E-state index contributed by atoms with van der Waals surface area (Å²) in [5.74, 6) is 2.81. The summed E-state index contributed by atoms with van der Waals surface area (Å²) in [5, 5.41) is 0. The van der Waals surface area contributed by atoms with Gasteiger partial charge in [-0.15, -0.1) is 0 Å². The molecule has 23 heavy (non-hydrogen) atoms. The zero-order valence-corrected chi connectivity index (χ0v) is 13.8. The average molecular weight is 315 g/mol. The van der Waals surface area contributed by atoms with Crippen LogP contribution in [0.5, 0.6) is 0 Å². The van der Waals surface area contributed by atoms with Crippen molar-refractivity contribution < 1.29 is 4.39 Å². The van der Waals surface area contributed by atoms with Crippen molar-refractivity contribution >= 4 is 5.69 Å². The van der Waals surface area contributed by atoms with Gasteiger partial charge in [0.25, 0.3) is 0 Å². The molecule has 3 nitrogen and oxygen atoms in total. The Balaban J connectivity index is 1.31. The summed E-state index contributed by atoms with van der Waals surface area (Å²) in [6, 6.07) is 1.82. The van der Waals surface area contributed by atoms with E-state index >= 15 is 0 Å². The van der Waals surface area contributed by atoms with Crippen molar-refractivity contribution in [1.29, 1.82) is 0 Å². The third-order valence-electron chi connectivity index (χ3n) is 7.05. The molecule has 0 amide bonds. The normalized spacial score (nSPS) is 39.9. The number of hydrogen-bond acceptors (Lipinski definition) is 3. The van der Waals surface area contributed by atoms with Crippen LogP contribution in [-0.4, -0.2) is 41.6 Å². The molecule has 1 aromatic rings. The number of pyridine rings is 1. The first kappa shape index (κ1) is 14.2. The highest BCUT2D eigenvalue weighted by Gasteiger charge is 2.53. The first-order valence-corrected chi connectivity index (χ1v) is 9.31. The van der Waals surface area contributed by atoms with Crippen LogP contribution >= 0.6 is 0 Å². The molecule has 4 bridgehead atoms. The molecule has 5 aliphatic rings. The van der Waals surface area contributed by atoms with E-state index in [4.69, 9.17) is 0 Å². The van der Waals surface area contributed by atoms with E-state index in [1.165, 1.54) is 44.7 Å². The molecule has 5 fully saturated rings. The summed E-state index contributed by atoms with van der Waals surface area (Å²) in [5.41, 5.74) is 1.22. The number of aromatic nitrogens is 1. The van der Waals surface area contributed by atoms with Gasteiger partial charge in [-0.2, -0.15) is 0 Å². The second-order valence-electron chi connectivity index (χ2n) is 8.44. The highest BCUT2D eigenvalue weighted by atomic mass is 19.1. The molecule has 0 aromatic carbocycles. The molecule has 2 heterocycles. The minimum atomic E-state index is -0.184. The molecule has 6 rings (SSSR count). The van der Waals surface area contributed by atoms with Crippen LogP contribution in [0.25, 0.3) is 0 Å². The highest BCUT2D eigenvalue weighted by molar-refractivity contribution is 5.46. The molecule has 4 heteroatoms. The van der Waals surface area contributed by atoms with Crippen molar-refractivity contribution in [2.75, 3.05) is 31.1 Å². The molecule has 0 atom stereocenters. The standard InChI is InChI=1S/C19H26FN3/c20-17-13-21-2-1-18(17)22-3-5-23(6-4-22)19-10-14-7-15(11-19)9-16(8-14)12-19/h1-2,13-16H,3-12H2. The van der Waals surface area contributed by atoms with Crippen molar-refractivity contribution in [1.82, 2.24) is 9.88 Å². The van der Waals surface area contributed by atoms with Crippen molar-refractivity contribution in [3.05, 3.63) is 24.3 Å². The van der Waals surface area contributed by atoms with Crippen LogP contribution in [0.2, 0.25) is 0 Å². The number of halogens is 1. The van der Waals surface area contributed by atoms with Gasteiger partial charge in [-0.05, 0) is 62.3 Å². The van der Waals surface area contributed by atoms with Gasteiger partial charge in [0, 0.05) is 37.9 Å². The van der Waals surface area contributed by atoms with Crippen LogP contribution in [0.1, 0.15) is 38.5 Å². The molecule has 0 spiro atoms. The maximum atomic E-state index is 14.0. The Hall–Kier alpha value is -1.16. The van der Waals surface area contributed by atoms with Crippen LogP contribution in [0, 0.1) is 23.6 Å². The Morgan fingerprint density at radius 1 is 0.957 bits per heavy atom. The smallest absolute Gasteiger partial charge is 0.164 e. The second kappa shape index (κ2) is 5.17. The minimum absolute atomic E-state index is 0.184. The van der Waals surface area contributed by atoms with E-state index in [1.54, 1.807) is 6.20 Å². The van der Waals surface area contributed by atoms with Gasteiger partial charge in [0.15, 0.2) is 5.82 Å². The van der Waals surface area contributed by atoms with Crippen LogP contribution < -0.4 is 4.90 Å². The van der Waals surface area contributed by atoms with Gasteiger partial charge in [-0.1, -0.05) is 0 Å². The van der Waals surface area contributed by atoms with Crippen LogP contribution in [-0.2, 0) is 0 Å². The first-order chi connectivity index (χ1) is 11.2. The Morgan fingerprint density at radius 2 is 1.57 bits per heavy atom. The summed E-state index contributed by atoms with van der Waals surface area (Å²) in [6.07, 6.45) is 11.8. The molecular formula is C19H26FN3. The van der Waals surface area contributed by atoms with E-state index in [9.17, 15) is 4.39 Å². The molecule has 124 valence electrons. The first-order valence-electron chi connectivity index (χ1n) is 9.31. The monoisotopic (exact) mass is 315 g/mol. The molecule has 4 saturated carbocycles. The zero-order chi connectivity index (χ0) is 15.4. The fourth-order valence-corrected chi connectivity index (χ4v) is 6.50. The maximum Gasteiger partial charge on any atom is 0.164 e. The molecule has 1 aliphatic heterocycles. The van der Waals surface area contributed by atoms with Gasteiger partial charge < -0.3 is 4.90 Å². The molecule has 0 radical (unpaired) electrons. The number of hydrogen-bond donors (Lipinski definition) is 0. The van der Waals surface area contributed by atoms with Gasteiger partial charge in [-0.25, -0.2) is 4.39 Å². The molecule has 1 aromatic heterocycles. The third kappa shape index (κ3) is 2.29. The molecule has 0 unspecified atom stereocenters. The van der Waals surface area contributed by atoms with Crippen molar-refractivity contribution in [3.8, 4) is 0 Å². The van der Waals surface area contributed by atoms with Gasteiger partial charge in [-0.3, -0.25) is 9.88 Å². The predicted octanol–water partition coefficient (Wildman–Crippen LogP) is 3.31. The zero-order valence-electron chi connectivity index (χ0n) is 13.8. The van der Waals surface area contributed by atoms with Crippen molar-refractivity contribution in [3.63, 3.8) is 0 Å². The predicted molar refractivity (Wildman–Crippen MR) is 88.9 cm³/mol. The summed E-state index contributed by atoms with van der Waals surface area (Å²) in [7, 11) is 0. The molecule has 4 aliphatic carbocycles. The average Bonchev–Trinajstić information content (AvgIpc) is 2.54. The SMILES string of the molecule is Fc1cnccc1N1CCN(C23CC4CC(CC(C4)C2)C3)CC1. The second-order valence-corrected chi connectivity index (χ2v) is 8.44. The van der Waals surface area contributed by atoms with E-state index < -0.39 is 0 Å². The van der Waals surface area contributed by atoms with Gasteiger partial charge in [0.2, 0.25) is 0 Å². The lowest BCUT2D eigenvalue weighted by Crippen LogP contribution is -2.64. The number of nitrogens with zero attached hydrogens (tertiary/aromatic N) is 3. The van der Waals surface area contributed by atoms with Crippen LogP contribution in [0.15, 0.2) is 18.5 Å². The number of anilines is 1. The van der Waals surface area contributed by atoms with Gasteiger partial charge in [0.05, 0.1) is 11.9 Å². The van der Waals surface area contributed by atoms with Crippen LogP contribution in [0.4, 0.5) is 10.1 Å². The third-order valence-corrected chi connectivity index (χ3v) is 7.05. The van der Waals surface area contributed by atoms with Crippen molar-refractivity contribution in [2.24, 2.45) is 17.8 Å². The van der Waals surface area contributed by atoms with E-state index in [2.05, 4.69) is 14.8 Å². The number of piperazine rings is 1. The van der Waals surface area contributed by atoms with Gasteiger partial charge >= 0.3 is 0 Å². The Kier molecular flexibility index (Phi) is 3.19. The highest BCUT2D eigenvalue weighted by Crippen LogP contribution is 2.57. The lowest BCUT2D eigenvalue weighted by Gasteiger charge is -2.61. The molecule has 1 saturated heterocycles. The maximum absolute atomic E-state index is 14.0. The van der Waals surface area contributed by atoms with E-state index in [-0.39, 0.29) is 5.82 Å². The van der Waals surface area contributed by atoms with E-state index in [0.717, 1.165) is 49.6 Å². The molecule has 0 N–H and O–H groups in total. The van der Waals surface area contributed by atoms with E-state index in [0.29, 0.717) is 5.54 Å². The molecular weight excluding hydrogens is 289 g/mol. The number of rotatable bonds is 2. The largest absolute Gasteiger partial charge is 0.367 e. The summed E-state index contributed by atoms with van der Waals surface area (Å²) in [6.45, 7) is 4.08. The summed E-state index contributed by atoms with van der Waals surface area (Å²) in [4.78, 5) is 8.86. The van der Waals surface area contributed by atoms with Gasteiger partial charge in [0.1, 0.15) is 0 Å². The topological polar surface area (TPSA) is 19.4 Å². The Morgan fingerprint density at radius 3 is 2.13 bits per heavy atom. The lowest BCUT2D eigenvalue weighted by atomic mass is 9.52. The summed E-state index contributed by atoms with van der Waals surface area (Å²) < 4.78 is 14.0. The van der Waals surface area contributed by atoms with Crippen molar-refractivity contribution in [2.45, 2.75) is 44.1 Å².